The van der Waals surface area contributed by atoms with Gasteiger partial charge in [-0.1, -0.05) is 19.1 Å². The van der Waals surface area contributed by atoms with Crippen LogP contribution in [0.1, 0.15) is 13.3 Å². The predicted octanol–water partition coefficient (Wildman–Crippen LogP) is 3.65. The largest absolute Gasteiger partial charge is 0.366 e. The molecule has 0 aromatic heterocycles. The summed E-state index contributed by atoms with van der Waals surface area (Å²) in [6, 6.07) is 10.4. The molecular weight excluding hydrogens is 284 g/mol. The minimum Gasteiger partial charge on any atom is -0.366 e. The average Bonchev–Trinajstić information content (AvgIpc) is 2.65. The number of hydrogen-bond donors (Lipinski definition) is 1. The van der Waals surface area contributed by atoms with E-state index in [0.29, 0.717) is 5.25 Å². The van der Waals surface area contributed by atoms with Gasteiger partial charge < -0.3 is 5.32 Å². The molecule has 0 radical (unpaired) electrons. The van der Waals surface area contributed by atoms with Crippen LogP contribution in [0.4, 0.5) is 5.69 Å². The molecule has 84 valence electrons. The standard InChI is InChI=1S/C12H13BrN2S/c1-9-6-12(7-14,8-16-9)15-11-5-3-2-4-10(11)13/h2-5,9,15H,6,8H2,1H3. The van der Waals surface area contributed by atoms with Gasteiger partial charge in [-0.15, -0.1) is 0 Å². The molecule has 0 aliphatic carbocycles. The molecular formula is C12H13BrN2S. The van der Waals surface area contributed by atoms with E-state index in [1.807, 2.05) is 36.0 Å². The molecule has 0 amide bonds. The van der Waals surface area contributed by atoms with Crippen LogP contribution in [-0.4, -0.2) is 16.5 Å². The Kier molecular flexibility index (Phi) is 3.46. The fourth-order valence-electron chi connectivity index (χ4n) is 1.91. The summed E-state index contributed by atoms with van der Waals surface area (Å²) in [6.45, 7) is 2.17. The van der Waals surface area contributed by atoms with Gasteiger partial charge >= 0.3 is 0 Å². The van der Waals surface area contributed by atoms with Crippen LogP contribution in [0.3, 0.4) is 0 Å². The predicted molar refractivity (Wildman–Crippen MR) is 72.6 cm³/mol. The Labute approximate surface area is 109 Å². The molecule has 4 heteroatoms. The van der Waals surface area contributed by atoms with E-state index in [2.05, 4.69) is 34.2 Å². The fourth-order valence-corrected chi connectivity index (χ4v) is 3.52. The Bertz CT molecular complexity index is 429. The van der Waals surface area contributed by atoms with Crippen molar-refractivity contribution in [3.8, 4) is 6.07 Å². The van der Waals surface area contributed by atoms with Crippen molar-refractivity contribution in [3.63, 3.8) is 0 Å². The highest BCUT2D eigenvalue weighted by Gasteiger charge is 2.38. The number of anilines is 1. The Morgan fingerprint density at radius 2 is 2.31 bits per heavy atom. The maximum atomic E-state index is 9.35. The van der Waals surface area contributed by atoms with E-state index < -0.39 is 5.54 Å². The summed E-state index contributed by atoms with van der Waals surface area (Å²) < 4.78 is 1.01. The molecule has 2 atom stereocenters. The van der Waals surface area contributed by atoms with E-state index in [-0.39, 0.29) is 0 Å². The van der Waals surface area contributed by atoms with E-state index in [1.165, 1.54) is 0 Å². The molecule has 0 saturated carbocycles. The molecule has 0 bridgehead atoms. The molecule has 1 aromatic carbocycles. The van der Waals surface area contributed by atoms with Crippen molar-refractivity contribution in [2.45, 2.75) is 24.1 Å². The molecule has 1 N–H and O–H groups in total. The lowest BCUT2D eigenvalue weighted by Crippen LogP contribution is -2.37. The second kappa shape index (κ2) is 4.68. The normalized spacial score (nSPS) is 28.7. The van der Waals surface area contributed by atoms with E-state index in [4.69, 9.17) is 0 Å². The van der Waals surface area contributed by atoms with Crippen LogP contribution in [0.5, 0.6) is 0 Å². The lowest BCUT2D eigenvalue weighted by molar-refractivity contribution is 0.626. The first-order valence-electron chi connectivity index (χ1n) is 5.21. The van der Waals surface area contributed by atoms with E-state index in [0.717, 1.165) is 22.3 Å². The maximum absolute atomic E-state index is 9.35. The number of hydrogen-bond acceptors (Lipinski definition) is 3. The average molecular weight is 297 g/mol. The first-order chi connectivity index (χ1) is 7.65. The summed E-state index contributed by atoms with van der Waals surface area (Å²) in [5, 5.41) is 13.3. The third kappa shape index (κ3) is 2.36. The number of benzene rings is 1. The quantitative estimate of drug-likeness (QED) is 0.905. The molecule has 1 saturated heterocycles. The molecule has 16 heavy (non-hydrogen) atoms. The number of thioether (sulfide) groups is 1. The third-order valence-corrected chi connectivity index (χ3v) is 4.80. The van der Waals surface area contributed by atoms with Crippen molar-refractivity contribution in [2.24, 2.45) is 0 Å². The van der Waals surface area contributed by atoms with Crippen molar-refractivity contribution < 1.29 is 0 Å². The lowest BCUT2D eigenvalue weighted by Gasteiger charge is -2.23. The summed E-state index contributed by atoms with van der Waals surface area (Å²) in [7, 11) is 0. The van der Waals surface area contributed by atoms with E-state index in [9.17, 15) is 5.26 Å². The van der Waals surface area contributed by atoms with Crippen LogP contribution in [0.25, 0.3) is 0 Å². The number of nitrogens with one attached hydrogen (secondary N) is 1. The van der Waals surface area contributed by atoms with Gasteiger partial charge in [0.25, 0.3) is 0 Å². The topological polar surface area (TPSA) is 35.8 Å². The van der Waals surface area contributed by atoms with Gasteiger partial charge in [-0.2, -0.15) is 17.0 Å². The monoisotopic (exact) mass is 296 g/mol. The summed E-state index contributed by atoms with van der Waals surface area (Å²) >= 11 is 5.35. The van der Waals surface area contributed by atoms with Crippen LogP contribution in [0.2, 0.25) is 0 Å². The number of nitrogens with zero attached hydrogens (tertiary/aromatic N) is 1. The summed E-state index contributed by atoms with van der Waals surface area (Å²) in [5.41, 5.74) is 0.590. The van der Waals surface area contributed by atoms with Crippen LogP contribution in [0.15, 0.2) is 28.7 Å². The van der Waals surface area contributed by atoms with Crippen molar-refractivity contribution in [1.29, 1.82) is 5.26 Å². The summed E-state index contributed by atoms with van der Waals surface area (Å²) in [5.74, 6) is 0.853. The molecule has 1 fully saturated rings. The van der Waals surface area contributed by atoms with Gasteiger partial charge in [0.15, 0.2) is 0 Å². The Balaban J connectivity index is 2.21. The highest BCUT2D eigenvalue weighted by Crippen LogP contribution is 2.37. The van der Waals surface area contributed by atoms with E-state index >= 15 is 0 Å². The van der Waals surface area contributed by atoms with Crippen molar-refractivity contribution in [2.75, 3.05) is 11.1 Å². The van der Waals surface area contributed by atoms with Gasteiger partial charge in [0.2, 0.25) is 0 Å². The Morgan fingerprint density at radius 3 is 2.88 bits per heavy atom. The minimum absolute atomic E-state index is 0.409. The minimum atomic E-state index is -0.409. The molecule has 0 spiro atoms. The van der Waals surface area contributed by atoms with Gasteiger partial charge in [-0.05, 0) is 34.5 Å². The second-order valence-corrected chi connectivity index (χ2v) is 6.41. The highest BCUT2D eigenvalue weighted by atomic mass is 79.9. The molecule has 1 heterocycles. The van der Waals surface area contributed by atoms with Gasteiger partial charge in [-0.3, -0.25) is 0 Å². The maximum Gasteiger partial charge on any atom is 0.135 e. The second-order valence-electron chi connectivity index (χ2n) is 4.12. The molecule has 1 aliphatic rings. The van der Waals surface area contributed by atoms with Crippen molar-refractivity contribution >= 4 is 33.4 Å². The SMILES string of the molecule is CC1CC(C#N)(Nc2ccccc2Br)CS1. The summed E-state index contributed by atoms with van der Waals surface area (Å²) in [4.78, 5) is 0. The van der Waals surface area contributed by atoms with Crippen LogP contribution >= 0.6 is 27.7 Å². The molecule has 1 aromatic rings. The first kappa shape index (κ1) is 11.8. The van der Waals surface area contributed by atoms with Crippen molar-refractivity contribution in [3.05, 3.63) is 28.7 Å². The smallest absolute Gasteiger partial charge is 0.135 e. The van der Waals surface area contributed by atoms with Gasteiger partial charge in [0, 0.05) is 21.2 Å². The highest BCUT2D eigenvalue weighted by molar-refractivity contribution is 9.10. The van der Waals surface area contributed by atoms with E-state index in [1.54, 1.807) is 0 Å². The van der Waals surface area contributed by atoms with Crippen LogP contribution < -0.4 is 5.32 Å². The van der Waals surface area contributed by atoms with Gasteiger partial charge in [0.05, 0.1) is 6.07 Å². The number of halogens is 1. The number of rotatable bonds is 2. The zero-order chi connectivity index (χ0) is 11.6. The third-order valence-electron chi connectivity index (χ3n) is 2.71. The van der Waals surface area contributed by atoms with Crippen LogP contribution in [0, 0.1) is 11.3 Å². The zero-order valence-corrected chi connectivity index (χ0v) is 11.4. The first-order valence-corrected chi connectivity index (χ1v) is 7.05. The Hall–Kier alpha value is -0.660. The molecule has 1 aliphatic heterocycles. The number of nitriles is 1. The van der Waals surface area contributed by atoms with Crippen molar-refractivity contribution in [1.82, 2.24) is 0 Å². The molecule has 2 rings (SSSR count). The summed E-state index contributed by atoms with van der Waals surface area (Å²) in [6.07, 6.45) is 0.898. The van der Waals surface area contributed by atoms with Gasteiger partial charge in [0.1, 0.15) is 5.54 Å². The fraction of sp³-hybridized carbons (Fsp3) is 0.417. The Morgan fingerprint density at radius 1 is 1.56 bits per heavy atom. The van der Waals surface area contributed by atoms with Gasteiger partial charge in [-0.25, -0.2) is 0 Å². The number of para-hydroxylation sites is 1. The molecule has 2 unspecified atom stereocenters. The molecule has 2 nitrogen and oxygen atoms in total. The lowest BCUT2D eigenvalue weighted by atomic mass is 9.98. The zero-order valence-electron chi connectivity index (χ0n) is 9.03. The van der Waals surface area contributed by atoms with Crippen LogP contribution in [-0.2, 0) is 0 Å².